The normalized spacial score (nSPS) is 9.94. The van der Waals surface area contributed by atoms with Crippen LogP contribution in [-0.2, 0) is 15.2 Å². The van der Waals surface area contributed by atoms with Crippen molar-refractivity contribution in [2.45, 2.75) is 13.8 Å². The summed E-state index contributed by atoms with van der Waals surface area (Å²) in [6.07, 6.45) is 0. The maximum absolute atomic E-state index is 11.6. The van der Waals surface area contributed by atoms with E-state index in [0.29, 0.717) is 11.4 Å². The predicted octanol–water partition coefficient (Wildman–Crippen LogP) is 0.686. The molecule has 0 fully saturated rings. The lowest BCUT2D eigenvalue weighted by atomic mass is 10.3. The third-order valence-electron chi connectivity index (χ3n) is 1.85. The summed E-state index contributed by atoms with van der Waals surface area (Å²) in [5, 5.41) is 0. The van der Waals surface area contributed by atoms with Crippen LogP contribution in [0.15, 0.2) is 10.4 Å². The van der Waals surface area contributed by atoms with E-state index in [4.69, 9.17) is 4.74 Å². The Morgan fingerprint density at radius 2 is 1.94 bits per heavy atom. The smallest absolute Gasteiger partial charge is 0.364 e. The van der Waals surface area contributed by atoms with Crippen LogP contribution >= 0.6 is 0 Å². The Morgan fingerprint density at radius 1 is 1.39 bits per heavy atom. The maximum atomic E-state index is 11.6. The highest BCUT2D eigenvalue weighted by Gasteiger charge is 2.18. The van der Waals surface area contributed by atoms with Crippen LogP contribution in [0, 0.1) is 13.8 Å². The van der Waals surface area contributed by atoms with Crippen LogP contribution in [0.25, 0.3) is 0 Å². The summed E-state index contributed by atoms with van der Waals surface area (Å²) in [5.41, 5.74) is 1.30. The van der Waals surface area contributed by atoms with Gasteiger partial charge in [0.25, 0.3) is 0 Å². The van der Waals surface area contributed by atoms with E-state index in [1.165, 1.54) is 7.11 Å². The second-order valence-electron chi connectivity index (χ2n) is 3.39. The Morgan fingerprint density at radius 3 is 2.39 bits per heavy atom. The Bertz CT molecular complexity index is 556. The number of carbonyl (C=O) groups is 1. The zero-order valence-electron chi connectivity index (χ0n) is 10.1. The molecule has 0 aliphatic heterocycles. The molecule has 1 rings (SSSR count). The highest BCUT2D eigenvalue weighted by atomic mass is 32.2. The van der Waals surface area contributed by atoms with Gasteiger partial charge < -0.3 is 4.74 Å². The van der Waals surface area contributed by atoms with Gasteiger partial charge >= 0.3 is 16.5 Å². The maximum Gasteiger partial charge on any atom is 0.367 e. The third-order valence-corrected chi connectivity index (χ3v) is 2.16. The van der Waals surface area contributed by atoms with Gasteiger partial charge in [-0.3, -0.25) is 0 Å². The van der Waals surface area contributed by atoms with Gasteiger partial charge in [-0.15, -0.1) is 0 Å². The number of nitrogens with zero attached hydrogens (tertiary/aromatic N) is 4. The highest BCUT2D eigenvalue weighted by Crippen LogP contribution is 2.11. The van der Waals surface area contributed by atoms with Gasteiger partial charge in [-0.25, -0.2) is 19.7 Å². The number of methoxy groups -OCH3 is 1. The zero-order chi connectivity index (χ0) is 13.7. The molecular formula is C9H12N4O4S. The zero-order valence-corrected chi connectivity index (χ0v) is 10.9. The van der Waals surface area contributed by atoms with Gasteiger partial charge in [-0.1, -0.05) is 4.36 Å². The number of urea groups is 1. The Balaban J connectivity index is 3.19. The van der Waals surface area contributed by atoms with Crippen molar-refractivity contribution in [2.75, 3.05) is 18.7 Å². The fraction of sp³-hybridized carbons (Fsp3) is 0.444. The lowest BCUT2D eigenvalue weighted by Gasteiger charge is -2.16. The molecule has 0 aromatic carbocycles. The average Bonchev–Trinajstić information content (AvgIpc) is 2.23. The SMILES string of the molecule is COCN(C(=O)N=S(=O)=O)c1nc(C)cc(C)n1. The van der Waals surface area contributed by atoms with Crippen LogP contribution in [0.2, 0.25) is 0 Å². The molecule has 0 saturated carbocycles. The van der Waals surface area contributed by atoms with Crippen LogP contribution in [0.5, 0.6) is 0 Å². The second kappa shape index (κ2) is 6.17. The summed E-state index contributed by atoms with van der Waals surface area (Å²) in [5.74, 6) is 0.0496. The third kappa shape index (κ3) is 3.86. The number of hydrogen-bond acceptors (Lipinski definition) is 6. The van der Waals surface area contributed by atoms with E-state index >= 15 is 0 Å². The van der Waals surface area contributed by atoms with Crippen LogP contribution in [-0.4, -0.2) is 38.3 Å². The molecule has 0 spiro atoms. The number of aromatic nitrogens is 2. The average molecular weight is 272 g/mol. The number of anilines is 1. The molecule has 2 amide bonds. The predicted molar refractivity (Wildman–Crippen MR) is 62.6 cm³/mol. The Labute approximate surface area is 105 Å². The molecule has 8 nitrogen and oxygen atoms in total. The van der Waals surface area contributed by atoms with Crippen LogP contribution in [0.4, 0.5) is 10.7 Å². The van der Waals surface area contributed by atoms with E-state index in [1.54, 1.807) is 19.9 Å². The minimum atomic E-state index is -2.83. The van der Waals surface area contributed by atoms with Crippen molar-refractivity contribution in [3.63, 3.8) is 0 Å². The monoisotopic (exact) mass is 272 g/mol. The Hall–Kier alpha value is -1.87. The first-order chi connectivity index (χ1) is 8.43. The van der Waals surface area contributed by atoms with Gasteiger partial charge in [0.1, 0.15) is 6.73 Å². The minimum absolute atomic E-state index is 0.0496. The quantitative estimate of drug-likeness (QED) is 0.750. The lowest BCUT2D eigenvalue weighted by molar-refractivity contribution is 0.193. The summed E-state index contributed by atoms with van der Waals surface area (Å²) in [6, 6.07) is 0.720. The fourth-order valence-electron chi connectivity index (χ4n) is 1.27. The van der Waals surface area contributed by atoms with Crippen molar-refractivity contribution in [2.24, 2.45) is 4.36 Å². The number of rotatable bonds is 3. The molecular weight excluding hydrogens is 260 g/mol. The largest absolute Gasteiger partial charge is 0.367 e. The van der Waals surface area contributed by atoms with Gasteiger partial charge in [0, 0.05) is 18.5 Å². The van der Waals surface area contributed by atoms with E-state index in [0.717, 1.165) is 4.90 Å². The van der Waals surface area contributed by atoms with E-state index in [1.807, 2.05) is 0 Å². The fourth-order valence-corrected chi connectivity index (χ4v) is 1.49. The minimum Gasteiger partial charge on any atom is -0.364 e. The van der Waals surface area contributed by atoms with Crippen molar-refractivity contribution in [3.05, 3.63) is 17.5 Å². The van der Waals surface area contributed by atoms with Crippen molar-refractivity contribution >= 4 is 22.5 Å². The molecule has 0 atom stereocenters. The molecule has 98 valence electrons. The first-order valence-electron chi connectivity index (χ1n) is 4.88. The van der Waals surface area contributed by atoms with E-state index in [9.17, 15) is 13.2 Å². The summed E-state index contributed by atoms with van der Waals surface area (Å²) in [4.78, 5) is 20.6. The summed E-state index contributed by atoms with van der Waals surface area (Å²) >= 11 is 0. The number of amides is 2. The highest BCUT2D eigenvalue weighted by molar-refractivity contribution is 7.62. The number of carbonyl (C=O) groups excluding carboxylic acids is 1. The molecule has 0 bridgehead atoms. The topological polar surface area (TPSA) is 102 Å². The second-order valence-corrected chi connectivity index (χ2v) is 4.00. The van der Waals surface area contributed by atoms with Crippen LogP contribution < -0.4 is 4.90 Å². The lowest BCUT2D eigenvalue weighted by Crippen LogP contribution is -2.32. The molecule has 9 heteroatoms. The van der Waals surface area contributed by atoms with Crippen LogP contribution in [0.3, 0.4) is 0 Å². The Kier molecular flexibility index (Phi) is 4.86. The van der Waals surface area contributed by atoms with Gasteiger partial charge in [-0.2, -0.15) is 8.42 Å². The van der Waals surface area contributed by atoms with E-state index < -0.39 is 16.5 Å². The van der Waals surface area contributed by atoms with Gasteiger partial charge in [0.2, 0.25) is 5.95 Å². The number of aryl methyl sites for hydroxylation is 2. The molecule has 1 aromatic rings. The van der Waals surface area contributed by atoms with Crippen LogP contribution in [0.1, 0.15) is 11.4 Å². The van der Waals surface area contributed by atoms with Gasteiger partial charge in [0.15, 0.2) is 0 Å². The summed E-state index contributed by atoms with van der Waals surface area (Å²) in [6.45, 7) is 3.27. The standard InChI is InChI=1S/C9H12N4O4S/c1-6-4-7(2)11-8(10-6)13(5-17-3)9(14)12-18(15)16/h4H,5H2,1-3H3. The molecule has 0 aliphatic carbocycles. The molecule has 0 unspecified atom stereocenters. The van der Waals surface area contributed by atoms with Crippen molar-refractivity contribution in [3.8, 4) is 0 Å². The molecule has 0 N–H and O–H groups in total. The van der Waals surface area contributed by atoms with Gasteiger partial charge in [0.05, 0.1) is 0 Å². The van der Waals surface area contributed by atoms with Crippen molar-refractivity contribution in [1.29, 1.82) is 0 Å². The van der Waals surface area contributed by atoms with E-state index in [-0.39, 0.29) is 12.7 Å². The molecule has 0 radical (unpaired) electrons. The molecule has 1 heterocycles. The van der Waals surface area contributed by atoms with Crippen molar-refractivity contribution in [1.82, 2.24) is 9.97 Å². The first-order valence-corrected chi connectivity index (χ1v) is 5.91. The first kappa shape index (κ1) is 14.2. The van der Waals surface area contributed by atoms with Crippen molar-refractivity contribution < 1.29 is 17.9 Å². The summed E-state index contributed by atoms with van der Waals surface area (Å²) in [7, 11) is -1.47. The molecule has 18 heavy (non-hydrogen) atoms. The molecule has 1 aromatic heterocycles. The van der Waals surface area contributed by atoms with Gasteiger partial charge in [-0.05, 0) is 19.9 Å². The number of hydrogen-bond donors (Lipinski definition) is 0. The summed E-state index contributed by atoms with van der Waals surface area (Å²) < 4.78 is 28.5. The number of ether oxygens (including phenoxy) is 1. The van der Waals surface area contributed by atoms with E-state index in [2.05, 4.69) is 14.3 Å². The molecule has 0 saturated heterocycles. The molecule has 0 aliphatic rings.